The quantitative estimate of drug-likeness (QED) is 0.782. The molecule has 0 bridgehead atoms. The van der Waals surface area contributed by atoms with Crippen LogP contribution in [0.2, 0.25) is 0 Å². The van der Waals surface area contributed by atoms with Gasteiger partial charge in [-0.15, -0.1) is 0 Å². The molecule has 1 aliphatic heterocycles. The summed E-state index contributed by atoms with van der Waals surface area (Å²) in [4.78, 5) is 14.5. The second-order valence-electron chi connectivity index (χ2n) is 5.60. The van der Waals surface area contributed by atoms with E-state index in [2.05, 4.69) is 41.4 Å². The van der Waals surface area contributed by atoms with Gasteiger partial charge in [-0.2, -0.15) is 11.8 Å². The molecule has 0 saturated carbocycles. The average molecular weight is 322 g/mol. The van der Waals surface area contributed by atoms with Crippen LogP contribution in [0.1, 0.15) is 24.9 Å². The Morgan fingerprint density at radius 3 is 2.91 bits per heavy atom. The van der Waals surface area contributed by atoms with Gasteiger partial charge < -0.3 is 10.1 Å². The number of nitrogens with one attached hydrogen (secondary N) is 1. The van der Waals surface area contributed by atoms with Crippen LogP contribution in [0.15, 0.2) is 30.3 Å². The minimum atomic E-state index is 0.108. The summed E-state index contributed by atoms with van der Waals surface area (Å²) in [5.74, 6) is 1.19. The number of hydrogen-bond acceptors (Lipinski definition) is 4. The van der Waals surface area contributed by atoms with Crippen molar-refractivity contribution in [1.82, 2.24) is 10.2 Å². The van der Waals surface area contributed by atoms with Gasteiger partial charge in [0.2, 0.25) is 5.91 Å². The lowest BCUT2D eigenvalue weighted by molar-refractivity contribution is -0.122. The summed E-state index contributed by atoms with van der Waals surface area (Å²) in [5, 5.41) is 3.48. The highest BCUT2D eigenvalue weighted by molar-refractivity contribution is 8.00. The third-order valence-electron chi connectivity index (χ3n) is 3.93. The molecule has 1 aromatic rings. The van der Waals surface area contributed by atoms with Crippen molar-refractivity contribution in [3.63, 3.8) is 0 Å². The van der Waals surface area contributed by atoms with Crippen LogP contribution in [0.3, 0.4) is 0 Å². The van der Waals surface area contributed by atoms with Gasteiger partial charge >= 0.3 is 0 Å². The number of ether oxygens (including phenoxy) is 1. The molecule has 1 N–H and O–H groups in total. The number of carbonyl (C=O) groups excluding carboxylic acids is 1. The summed E-state index contributed by atoms with van der Waals surface area (Å²) in [7, 11) is 1.68. The normalized spacial score (nSPS) is 22.5. The first-order chi connectivity index (χ1) is 10.7. The summed E-state index contributed by atoms with van der Waals surface area (Å²) in [5.41, 5.74) is 1.30. The molecule has 0 spiro atoms. The van der Waals surface area contributed by atoms with E-state index in [1.54, 1.807) is 7.11 Å². The molecule has 5 heteroatoms. The van der Waals surface area contributed by atoms with Crippen LogP contribution in [0.5, 0.6) is 0 Å². The van der Waals surface area contributed by atoms with E-state index in [0.29, 0.717) is 31.0 Å². The Balaban J connectivity index is 1.93. The zero-order chi connectivity index (χ0) is 15.8. The molecule has 1 saturated heterocycles. The molecule has 1 amide bonds. The highest BCUT2D eigenvalue weighted by atomic mass is 32.2. The summed E-state index contributed by atoms with van der Waals surface area (Å²) >= 11 is 1.99. The van der Waals surface area contributed by atoms with Crippen molar-refractivity contribution < 1.29 is 9.53 Å². The van der Waals surface area contributed by atoms with Crippen molar-refractivity contribution in [2.24, 2.45) is 0 Å². The summed E-state index contributed by atoms with van der Waals surface area (Å²) < 4.78 is 5.00. The highest BCUT2D eigenvalue weighted by Gasteiger charge is 2.31. The van der Waals surface area contributed by atoms with Crippen LogP contribution in [-0.2, 0) is 9.53 Å². The molecule has 1 fully saturated rings. The summed E-state index contributed by atoms with van der Waals surface area (Å²) in [6.45, 7) is 5.05. The number of benzene rings is 1. The molecule has 1 heterocycles. The maximum Gasteiger partial charge on any atom is 0.234 e. The Morgan fingerprint density at radius 2 is 2.18 bits per heavy atom. The molecule has 4 nitrogen and oxygen atoms in total. The second kappa shape index (κ2) is 9.18. The third kappa shape index (κ3) is 5.00. The number of thioether (sulfide) groups is 1. The van der Waals surface area contributed by atoms with Gasteiger partial charge in [0, 0.05) is 43.9 Å². The van der Waals surface area contributed by atoms with Crippen LogP contribution in [0, 0.1) is 0 Å². The van der Waals surface area contributed by atoms with E-state index in [0.717, 1.165) is 18.7 Å². The van der Waals surface area contributed by atoms with E-state index in [4.69, 9.17) is 4.74 Å². The first-order valence-corrected chi connectivity index (χ1v) is 8.93. The van der Waals surface area contributed by atoms with Crippen molar-refractivity contribution in [3.8, 4) is 0 Å². The Hall–Kier alpha value is -1.04. The molecule has 1 aliphatic rings. The topological polar surface area (TPSA) is 41.6 Å². The van der Waals surface area contributed by atoms with Crippen LogP contribution < -0.4 is 5.32 Å². The van der Waals surface area contributed by atoms with Crippen molar-refractivity contribution in [2.45, 2.75) is 24.6 Å². The fourth-order valence-corrected chi connectivity index (χ4v) is 4.10. The minimum Gasteiger partial charge on any atom is -0.385 e. The molecule has 1 aromatic carbocycles. The number of nitrogens with zero attached hydrogens (tertiary/aromatic N) is 1. The predicted molar refractivity (Wildman–Crippen MR) is 92.2 cm³/mol. The molecule has 2 atom stereocenters. The van der Waals surface area contributed by atoms with E-state index in [1.165, 1.54) is 5.56 Å². The molecular weight excluding hydrogens is 296 g/mol. The van der Waals surface area contributed by atoms with Gasteiger partial charge in [-0.05, 0) is 12.0 Å². The molecule has 0 aromatic heterocycles. The van der Waals surface area contributed by atoms with Gasteiger partial charge in [-0.1, -0.05) is 37.3 Å². The lowest BCUT2D eigenvalue weighted by atomic mass is 10.0. The van der Waals surface area contributed by atoms with Gasteiger partial charge in [0.15, 0.2) is 0 Å². The molecule has 22 heavy (non-hydrogen) atoms. The standard InChI is InChI=1S/C17H26N2O2S/c1-14-17(15-7-4-3-5-8-15)19(10-12-22-14)13-16(20)18-9-6-11-21-2/h3-5,7-8,14,17H,6,9-13H2,1-2H3,(H,18,20)/t14-,17-/m1/s1. The molecule has 0 unspecified atom stereocenters. The van der Waals surface area contributed by atoms with E-state index in [9.17, 15) is 4.79 Å². The molecule has 0 radical (unpaired) electrons. The lowest BCUT2D eigenvalue weighted by Crippen LogP contribution is -2.45. The number of amides is 1. The highest BCUT2D eigenvalue weighted by Crippen LogP contribution is 2.35. The van der Waals surface area contributed by atoms with Crippen molar-refractivity contribution in [2.75, 3.05) is 39.1 Å². The van der Waals surface area contributed by atoms with Crippen LogP contribution >= 0.6 is 11.8 Å². The van der Waals surface area contributed by atoms with Gasteiger partial charge in [0.25, 0.3) is 0 Å². The largest absolute Gasteiger partial charge is 0.385 e. The zero-order valence-electron chi connectivity index (χ0n) is 13.5. The Kier molecular flexibility index (Phi) is 7.22. The molecular formula is C17H26N2O2S. The zero-order valence-corrected chi connectivity index (χ0v) is 14.3. The molecule has 0 aliphatic carbocycles. The Morgan fingerprint density at radius 1 is 1.41 bits per heavy atom. The predicted octanol–water partition coefficient (Wildman–Crippen LogP) is 2.32. The van der Waals surface area contributed by atoms with E-state index in [1.807, 2.05) is 17.8 Å². The van der Waals surface area contributed by atoms with Crippen LogP contribution in [0.4, 0.5) is 0 Å². The van der Waals surface area contributed by atoms with Crippen LogP contribution in [0.25, 0.3) is 0 Å². The van der Waals surface area contributed by atoms with Crippen molar-refractivity contribution in [1.29, 1.82) is 0 Å². The monoisotopic (exact) mass is 322 g/mol. The van der Waals surface area contributed by atoms with Crippen molar-refractivity contribution >= 4 is 17.7 Å². The summed E-state index contributed by atoms with van der Waals surface area (Å²) in [6, 6.07) is 10.8. The minimum absolute atomic E-state index is 0.108. The first kappa shape index (κ1) is 17.3. The Labute approximate surface area is 137 Å². The number of rotatable bonds is 7. The number of hydrogen-bond donors (Lipinski definition) is 1. The number of carbonyl (C=O) groups is 1. The van der Waals surface area contributed by atoms with Crippen molar-refractivity contribution in [3.05, 3.63) is 35.9 Å². The van der Waals surface area contributed by atoms with E-state index >= 15 is 0 Å². The van der Waals surface area contributed by atoms with Gasteiger partial charge in [0.1, 0.15) is 0 Å². The smallest absolute Gasteiger partial charge is 0.234 e. The van der Waals surface area contributed by atoms with E-state index in [-0.39, 0.29) is 5.91 Å². The fourth-order valence-electron chi connectivity index (χ4n) is 2.88. The van der Waals surface area contributed by atoms with Gasteiger partial charge in [-0.25, -0.2) is 0 Å². The Bertz CT molecular complexity index is 455. The average Bonchev–Trinajstić information content (AvgIpc) is 2.53. The van der Waals surface area contributed by atoms with Gasteiger partial charge in [-0.3, -0.25) is 9.69 Å². The maximum atomic E-state index is 12.2. The first-order valence-electron chi connectivity index (χ1n) is 7.88. The molecule has 2 rings (SSSR count). The summed E-state index contributed by atoms with van der Waals surface area (Å²) in [6.07, 6.45) is 0.858. The van der Waals surface area contributed by atoms with Crippen LogP contribution in [-0.4, -0.2) is 55.2 Å². The van der Waals surface area contributed by atoms with E-state index < -0.39 is 0 Å². The second-order valence-corrected chi connectivity index (χ2v) is 7.08. The SMILES string of the molecule is COCCCNC(=O)CN1CCS[C@H](C)[C@@H]1c1ccccc1. The maximum absolute atomic E-state index is 12.2. The lowest BCUT2D eigenvalue weighted by Gasteiger charge is -2.39. The van der Waals surface area contributed by atoms with Gasteiger partial charge in [0.05, 0.1) is 6.54 Å². The third-order valence-corrected chi connectivity index (χ3v) is 5.13. The molecule has 122 valence electrons. The number of methoxy groups -OCH3 is 1. The fraction of sp³-hybridized carbons (Fsp3) is 0.588.